The van der Waals surface area contributed by atoms with Gasteiger partial charge in [-0.3, -0.25) is 0 Å². The number of alkyl halides is 1. The van der Waals surface area contributed by atoms with Crippen molar-refractivity contribution in [2.45, 2.75) is 20.8 Å². The minimum Gasteiger partial charge on any atom is -0.462 e. The Hall–Kier alpha value is -1.03. The standard InChI is InChI=1S/C12H16BrNO2/c1-4-16-12(15)11-8(2)10(6-5-7-13)14-9(11)3/h5-6,14H,4,7H2,1-3H3. The number of hydrogen-bond donors (Lipinski definition) is 1. The van der Waals surface area contributed by atoms with Gasteiger partial charge in [-0.05, 0) is 32.4 Å². The van der Waals surface area contributed by atoms with Gasteiger partial charge in [-0.2, -0.15) is 0 Å². The van der Waals surface area contributed by atoms with Gasteiger partial charge in [-0.1, -0.05) is 22.0 Å². The van der Waals surface area contributed by atoms with Crippen molar-refractivity contribution >= 4 is 28.0 Å². The van der Waals surface area contributed by atoms with Crippen LogP contribution in [0.4, 0.5) is 0 Å². The van der Waals surface area contributed by atoms with Gasteiger partial charge in [-0.25, -0.2) is 4.79 Å². The first kappa shape index (κ1) is 13.0. The molecule has 0 unspecified atom stereocenters. The van der Waals surface area contributed by atoms with Gasteiger partial charge >= 0.3 is 5.97 Å². The Morgan fingerprint density at radius 2 is 2.19 bits per heavy atom. The molecule has 4 heteroatoms. The third-order valence-corrected chi connectivity index (χ3v) is 2.70. The molecule has 0 fully saturated rings. The van der Waals surface area contributed by atoms with Crippen LogP contribution in [0.25, 0.3) is 6.08 Å². The highest BCUT2D eigenvalue weighted by Gasteiger charge is 2.17. The zero-order valence-corrected chi connectivity index (χ0v) is 11.3. The lowest BCUT2D eigenvalue weighted by molar-refractivity contribution is 0.0525. The molecule has 1 aromatic rings. The zero-order chi connectivity index (χ0) is 12.1. The van der Waals surface area contributed by atoms with Crippen LogP contribution in [0.5, 0.6) is 0 Å². The van der Waals surface area contributed by atoms with Crippen molar-refractivity contribution in [3.8, 4) is 0 Å². The lowest BCUT2D eigenvalue weighted by Crippen LogP contribution is -2.06. The molecule has 16 heavy (non-hydrogen) atoms. The second kappa shape index (κ2) is 5.89. The van der Waals surface area contributed by atoms with Gasteiger partial charge < -0.3 is 9.72 Å². The predicted octanol–water partition coefficient (Wildman–Crippen LogP) is 3.22. The summed E-state index contributed by atoms with van der Waals surface area (Å²) < 4.78 is 5.02. The van der Waals surface area contributed by atoms with E-state index in [0.29, 0.717) is 12.2 Å². The number of allylic oxidation sites excluding steroid dienone is 1. The average molecular weight is 286 g/mol. The van der Waals surface area contributed by atoms with Gasteiger partial charge in [0.05, 0.1) is 12.2 Å². The van der Waals surface area contributed by atoms with Gasteiger partial charge in [0.2, 0.25) is 0 Å². The fourth-order valence-electron chi connectivity index (χ4n) is 1.61. The Balaban J connectivity index is 3.06. The van der Waals surface area contributed by atoms with E-state index in [1.54, 1.807) is 6.92 Å². The van der Waals surface area contributed by atoms with Gasteiger partial charge in [0.1, 0.15) is 0 Å². The van der Waals surface area contributed by atoms with E-state index in [-0.39, 0.29) is 5.97 Å². The number of carbonyl (C=O) groups is 1. The molecule has 1 heterocycles. The number of H-pyrrole nitrogens is 1. The van der Waals surface area contributed by atoms with E-state index in [1.807, 2.05) is 26.0 Å². The Labute approximate surface area is 104 Å². The first-order valence-electron chi connectivity index (χ1n) is 5.20. The molecule has 1 N–H and O–H groups in total. The van der Waals surface area contributed by atoms with E-state index >= 15 is 0 Å². The minimum atomic E-state index is -0.257. The number of esters is 1. The number of aromatic nitrogens is 1. The van der Waals surface area contributed by atoms with Crippen molar-refractivity contribution in [2.24, 2.45) is 0 Å². The SMILES string of the molecule is CCOC(=O)c1c(C)[nH]c(C=CCBr)c1C. The predicted molar refractivity (Wildman–Crippen MR) is 69.1 cm³/mol. The molecule has 1 rings (SSSR count). The smallest absolute Gasteiger partial charge is 0.340 e. The summed E-state index contributed by atoms with van der Waals surface area (Å²) in [6.07, 6.45) is 3.94. The maximum absolute atomic E-state index is 11.7. The summed E-state index contributed by atoms with van der Waals surface area (Å²) in [7, 11) is 0. The third kappa shape index (κ3) is 2.76. The summed E-state index contributed by atoms with van der Waals surface area (Å²) in [5.74, 6) is -0.257. The fraction of sp³-hybridized carbons (Fsp3) is 0.417. The highest BCUT2D eigenvalue weighted by molar-refractivity contribution is 9.09. The number of nitrogens with one attached hydrogen (secondary N) is 1. The lowest BCUT2D eigenvalue weighted by atomic mass is 10.1. The largest absolute Gasteiger partial charge is 0.462 e. The second-order valence-corrected chi connectivity index (χ2v) is 4.09. The molecule has 0 atom stereocenters. The summed E-state index contributed by atoms with van der Waals surface area (Å²) >= 11 is 3.32. The summed E-state index contributed by atoms with van der Waals surface area (Å²) in [6, 6.07) is 0. The van der Waals surface area contributed by atoms with E-state index in [0.717, 1.165) is 22.3 Å². The number of ether oxygens (including phenoxy) is 1. The first-order chi connectivity index (χ1) is 7.61. The molecular weight excluding hydrogens is 270 g/mol. The molecule has 0 amide bonds. The van der Waals surface area contributed by atoms with Crippen LogP contribution < -0.4 is 0 Å². The quantitative estimate of drug-likeness (QED) is 0.682. The monoisotopic (exact) mass is 285 g/mol. The maximum Gasteiger partial charge on any atom is 0.340 e. The van der Waals surface area contributed by atoms with Crippen LogP contribution in [0.1, 0.15) is 34.2 Å². The molecule has 0 aromatic carbocycles. The van der Waals surface area contributed by atoms with Gasteiger partial charge in [0, 0.05) is 16.7 Å². The molecule has 0 aliphatic heterocycles. The minimum absolute atomic E-state index is 0.257. The maximum atomic E-state index is 11.7. The first-order valence-corrected chi connectivity index (χ1v) is 6.32. The summed E-state index contributed by atoms with van der Waals surface area (Å²) in [6.45, 7) is 6.00. The molecular formula is C12H16BrNO2. The second-order valence-electron chi connectivity index (χ2n) is 3.44. The molecule has 0 aliphatic rings. The van der Waals surface area contributed by atoms with Crippen LogP contribution in [0.3, 0.4) is 0 Å². The van der Waals surface area contributed by atoms with Crippen molar-refractivity contribution < 1.29 is 9.53 Å². The topological polar surface area (TPSA) is 42.1 Å². The number of aromatic amines is 1. The van der Waals surface area contributed by atoms with Gasteiger partial charge in [-0.15, -0.1) is 0 Å². The molecule has 0 aliphatic carbocycles. The molecule has 3 nitrogen and oxygen atoms in total. The number of hydrogen-bond acceptors (Lipinski definition) is 2. The zero-order valence-electron chi connectivity index (χ0n) is 9.76. The fourth-order valence-corrected chi connectivity index (χ4v) is 1.80. The molecule has 1 aromatic heterocycles. The highest BCUT2D eigenvalue weighted by atomic mass is 79.9. The molecule has 0 saturated heterocycles. The van der Waals surface area contributed by atoms with Crippen molar-refractivity contribution in [3.05, 3.63) is 28.6 Å². The van der Waals surface area contributed by atoms with E-state index in [2.05, 4.69) is 20.9 Å². The van der Waals surface area contributed by atoms with Crippen molar-refractivity contribution in [3.63, 3.8) is 0 Å². The van der Waals surface area contributed by atoms with E-state index < -0.39 is 0 Å². The lowest BCUT2D eigenvalue weighted by Gasteiger charge is -2.01. The third-order valence-electron chi connectivity index (χ3n) is 2.33. The van der Waals surface area contributed by atoms with Crippen molar-refractivity contribution in [1.82, 2.24) is 4.98 Å². The van der Waals surface area contributed by atoms with Crippen LogP contribution in [-0.4, -0.2) is 22.9 Å². The Morgan fingerprint density at radius 3 is 2.75 bits per heavy atom. The Bertz CT molecular complexity index is 407. The van der Waals surface area contributed by atoms with Crippen molar-refractivity contribution in [1.29, 1.82) is 0 Å². The summed E-state index contributed by atoms with van der Waals surface area (Å²) in [5.41, 5.74) is 3.40. The van der Waals surface area contributed by atoms with Crippen molar-refractivity contribution in [2.75, 3.05) is 11.9 Å². The molecule has 0 radical (unpaired) electrons. The molecule has 88 valence electrons. The van der Waals surface area contributed by atoms with Crippen LogP contribution in [0.2, 0.25) is 0 Å². The normalized spacial score (nSPS) is 11.0. The Kier molecular flexibility index (Phi) is 4.80. The van der Waals surface area contributed by atoms with Gasteiger partial charge in [0.25, 0.3) is 0 Å². The number of rotatable bonds is 4. The molecule has 0 saturated carbocycles. The Morgan fingerprint density at radius 1 is 1.50 bits per heavy atom. The van der Waals surface area contributed by atoms with E-state index in [9.17, 15) is 4.79 Å². The molecule has 0 spiro atoms. The summed E-state index contributed by atoms with van der Waals surface area (Å²) in [4.78, 5) is 14.9. The number of halogens is 1. The average Bonchev–Trinajstić information content (AvgIpc) is 2.51. The van der Waals surface area contributed by atoms with Crippen LogP contribution in [-0.2, 0) is 4.74 Å². The van der Waals surface area contributed by atoms with Crippen LogP contribution in [0.15, 0.2) is 6.08 Å². The van der Waals surface area contributed by atoms with Gasteiger partial charge in [0.15, 0.2) is 0 Å². The van der Waals surface area contributed by atoms with E-state index in [1.165, 1.54) is 0 Å². The van der Waals surface area contributed by atoms with Crippen LogP contribution >= 0.6 is 15.9 Å². The van der Waals surface area contributed by atoms with Crippen LogP contribution in [0, 0.1) is 13.8 Å². The number of aryl methyl sites for hydroxylation is 1. The highest BCUT2D eigenvalue weighted by Crippen LogP contribution is 2.20. The molecule has 0 bridgehead atoms. The van der Waals surface area contributed by atoms with E-state index in [4.69, 9.17) is 4.74 Å². The number of carbonyl (C=O) groups excluding carboxylic acids is 1. The summed E-state index contributed by atoms with van der Waals surface area (Å²) in [5, 5.41) is 0.791.